The summed E-state index contributed by atoms with van der Waals surface area (Å²) in [7, 11) is 0. The fourth-order valence-electron chi connectivity index (χ4n) is 2.23. The minimum absolute atomic E-state index is 0.0878. The van der Waals surface area contributed by atoms with Gasteiger partial charge in [0, 0.05) is 5.56 Å². The van der Waals surface area contributed by atoms with Gasteiger partial charge in [-0.05, 0) is 44.0 Å². The Balaban J connectivity index is 2.42. The third-order valence-corrected chi connectivity index (χ3v) is 3.76. The lowest BCUT2D eigenvalue weighted by Gasteiger charge is -2.19. The van der Waals surface area contributed by atoms with Crippen LogP contribution in [0.5, 0.6) is 0 Å². The first kappa shape index (κ1) is 18.3. The Labute approximate surface area is 142 Å². The van der Waals surface area contributed by atoms with Gasteiger partial charge in [-0.1, -0.05) is 29.8 Å². The molecule has 0 saturated heterocycles. The van der Waals surface area contributed by atoms with E-state index in [2.05, 4.69) is 4.98 Å². The van der Waals surface area contributed by atoms with Crippen molar-refractivity contribution in [2.45, 2.75) is 26.4 Å². The topological polar surface area (TPSA) is 50.2 Å². The molecule has 0 aliphatic heterocycles. The molecule has 0 amide bonds. The van der Waals surface area contributed by atoms with Gasteiger partial charge in [-0.15, -0.1) is 0 Å². The number of halogens is 4. The SMILES string of the molecule is CC(C)(Cc1cccc(-c2cc(C(F)(F)F)cc(Cl)n2)c1)C(=O)O. The van der Waals surface area contributed by atoms with E-state index in [9.17, 15) is 23.1 Å². The highest BCUT2D eigenvalue weighted by atomic mass is 35.5. The van der Waals surface area contributed by atoms with Gasteiger partial charge < -0.3 is 5.11 Å². The van der Waals surface area contributed by atoms with Crippen molar-refractivity contribution in [3.05, 3.63) is 52.7 Å². The van der Waals surface area contributed by atoms with Gasteiger partial charge in [0.25, 0.3) is 0 Å². The Morgan fingerprint density at radius 1 is 1.21 bits per heavy atom. The molecule has 2 rings (SSSR count). The molecule has 0 aliphatic carbocycles. The molecule has 1 N–H and O–H groups in total. The first-order valence-corrected chi connectivity index (χ1v) is 7.44. The maximum atomic E-state index is 12.9. The number of benzene rings is 1. The van der Waals surface area contributed by atoms with Crippen LogP contribution in [0.25, 0.3) is 11.3 Å². The Morgan fingerprint density at radius 2 is 1.88 bits per heavy atom. The predicted octanol–water partition coefficient (Wildman–Crippen LogP) is 5.07. The molecule has 0 fully saturated rings. The van der Waals surface area contributed by atoms with E-state index in [-0.39, 0.29) is 17.3 Å². The number of hydrogen-bond donors (Lipinski definition) is 1. The summed E-state index contributed by atoms with van der Waals surface area (Å²) in [5.41, 5.74) is -0.646. The third-order valence-electron chi connectivity index (χ3n) is 3.57. The summed E-state index contributed by atoms with van der Waals surface area (Å²) in [5, 5.41) is 8.94. The molecule has 0 unspecified atom stereocenters. The van der Waals surface area contributed by atoms with Crippen LogP contribution < -0.4 is 0 Å². The van der Waals surface area contributed by atoms with E-state index in [4.69, 9.17) is 11.6 Å². The number of pyridine rings is 1. The van der Waals surface area contributed by atoms with E-state index < -0.39 is 23.1 Å². The Bertz CT molecular complexity index is 773. The lowest BCUT2D eigenvalue weighted by molar-refractivity contribution is -0.146. The van der Waals surface area contributed by atoms with Crippen LogP contribution in [0.4, 0.5) is 13.2 Å². The van der Waals surface area contributed by atoms with E-state index in [1.54, 1.807) is 38.1 Å². The Kier molecular flexibility index (Phi) is 4.90. The van der Waals surface area contributed by atoms with Crippen LogP contribution in [0.15, 0.2) is 36.4 Å². The van der Waals surface area contributed by atoms with Crippen molar-refractivity contribution in [3.63, 3.8) is 0 Å². The molecule has 24 heavy (non-hydrogen) atoms. The van der Waals surface area contributed by atoms with Gasteiger partial charge >= 0.3 is 12.1 Å². The second kappa shape index (κ2) is 6.43. The molecular weight excluding hydrogens is 343 g/mol. The Morgan fingerprint density at radius 3 is 2.46 bits per heavy atom. The average Bonchev–Trinajstić information content (AvgIpc) is 2.45. The van der Waals surface area contributed by atoms with Crippen molar-refractivity contribution in [2.75, 3.05) is 0 Å². The summed E-state index contributed by atoms with van der Waals surface area (Å²) in [5.74, 6) is -0.951. The molecule has 1 aromatic carbocycles. The van der Waals surface area contributed by atoms with Gasteiger partial charge in [-0.2, -0.15) is 13.2 Å². The van der Waals surface area contributed by atoms with Crippen LogP contribution in [0, 0.1) is 5.41 Å². The largest absolute Gasteiger partial charge is 0.481 e. The molecule has 0 saturated carbocycles. The number of hydrogen-bond acceptors (Lipinski definition) is 2. The number of carboxylic acid groups (broad SMARTS) is 1. The molecule has 0 radical (unpaired) electrons. The highest BCUT2D eigenvalue weighted by Crippen LogP contribution is 2.33. The van der Waals surface area contributed by atoms with Gasteiger partial charge in [0.2, 0.25) is 0 Å². The quantitative estimate of drug-likeness (QED) is 0.777. The summed E-state index contributed by atoms with van der Waals surface area (Å²) < 4.78 is 38.7. The second-order valence-electron chi connectivity index (χ2n) is 6.13. The van der Waals surface area contributed by atoms with E-state index in [1.165, 1.54) is 0 Å². The molecule has 0 bridgehead atoms. The van der Waals surface area contributed by atoms with E-state index >= 15 is 0 Å². The maximum absolute atomic E-state index is 12.9. The van der Waals surface area contributed by atoms with Crippen molar-refractivity contribution in [1.82, 2.24) is 4.98 Å². The van der Waals surface area contributed by atoms with Crippen molar-refractivity contribution in [2.24, 2.45) is 5.41 Å². The smallest absolute Gasteiger partial charge is 0.416 e. The highest BCUT2D eigenvalue weighted by Gasteiger charge is 2.32. The minimum atomic E-state index is -4.52. The zero-order valence-electron chi connectivity index (χ0n) is 13.0. The summed E-state index contributed by atoms with van der Waals surface area (Å²) >= 11 is 5.70. The van der Waals surface area contributed by atoms with Gasteiger partial charge in [0.1, 0.15) is 5.15 Å². The van der Waals surface area contributed by atoms with Crippen molar-refractivity contribution in [1.29, 1.82) is 0 Å². The maximum Gasteiger partial charge on any atom is 0.416 e. The van der Waals surface area contributed by atoms with Crippen LogP contribution in [-0.4, -0.2) is 16.1 Å². The average molecular weight is 358 g/mol. The molecule has 2 aromatic rings. The Hall–Kier alpha value is -2.08. The molecule has 0 atom stereocenters. The van der Waals surface area contributed by atoms with Crippen LogP contribution >= 0.6 is 11.6 Å². The van der Waals surface area contributed by atoms with E-state index in [0.29, 0.717) is 11.1 Å². The number of aromatic nitrogens is 1. The molecular formula is C17H15ClF3NO2. The second-order valence-corrected chi connectivity index (χ2v) is 6.51. The van der Waals surface area contributed by atoms with E-state index in [1.807, 2.05) is 0 Å². The summed E-state index contributed by atoms with van der Waals surface area (Å²) in [6.45, 7) is 3.17. The number of aliphatic carboxylic acids is 1. The summed E-state index contributed by atoms with van der Waals surface area (Å²) in [6.07, 6.45) is -4.28. The monoisotopic (exact) mass is 357 g/mol. The number of carbonyl (C=O) groups is 1. The van der Waals surface area contributed by atoms with Crippen molar-refractivity contribution >= 4 is 17.6 Å². The van der Waals surface area contributed by atoms with Crippen molar-refractivity contribution < 1.29 is 23.1 Å². The van der Waals surface area contributed by atoms with Crippen LogP contribution in [-0.2, 0) is 17.4 Å². The minimum Gasteiger partial charge on any atom is -0.481 e. The molecule has 7 heteroatoms. The van der Waals surface area contributed by atoms with E-state index in [0.717, 1.165) is 12.1 Å². The lowest BCUT2D eigenvalue weighted by Crippen LogP contribution is -2.26. The summed E-state index contributed by atoms with van der Waals surface area (Å²) in [6, 6.07) is 8.30. The number of alkyl halides is 3. The van der Waals surface area contributed by atoms with Gasteiger partial charge in [-0.25, -0.2) is 4.98 Å². The molecule has 3 nitrogen and oxygen atoms in total. The first-order valence-electron chi connectivity index (χ1n) is 7.06. The lowest BCUT2D eigenvalue weighted by atomic mass is 9.85. The number of nitrogens with zero attached hydrogens (tertiary/aromatic N) is 1. The fourth-order valence-corrected chi connectivity index (χ4v) is 2.44. The van der Waals surface area contributed by atoms with Gasteiger partial charge in [0.15, 0.2) is 0 Å². The van der Waals surface area contributed by atoms with Gasteiger partial charge in [-0.3, -0.25) is 4.79 Å². The standard InChI is InChI=1S/C17H15ClF3NO2/c1-16(2,15(23)24)9-10-4-3-5-11(6-10)13-7-12(17(19,20)21)8-14(18)22-13/h3-8H,9H2,1-2H3,(H,23,24). The molecule has 128 valence electrons. The zero-order chi connectivity index (χ0) is 18.1. The number of rotatable bonds is 4. The number of carboxylic acids is 1. The van der Waals surface area contributed by atoms with Gasteiger partial charge in [0.05, 0.1) is 16.7 Å². The van der Waals surface area contributed by atoms with Crippen LogP contribution in [0.1, 0.15) is 25.0 Å². The van der Waals surface area contributed by atoms with Crippen molar-refractivity contribution in [3.8, 4) is 11.3 Å². The summed E-state index contributed by atoms with van der Waals surface area (Å²) in [4.78, 5) is 15.2. The molecule has 0 aliphatic rings. The van der Waals surface area contributed by atoms with Crippen LogP contribution in [0.2, 0.25) is 5.15 Å². The normalized spacial score (nSPS) is 12.2. The molecule has 1 heterocycles. The fraction of sp³-hybridized carbons (Fsp3) is 0.294. The molecule has 1 aromatic heterocycles. The highest BCUT2D eigenvalue weighted by molar-refractivity contribution is 6.29. The van der Waals surface area contributed by atoms with Crippen LogP contribution in [0.3, 0.4) is 0 Å². The first-order chi connectivity index (χ1) is 11.0. The third kappa shape index (κ3) is 4.26. The zero-order valence-corrected chi connectivity index (χ0v) is 13.7. The predicted molar refractivity (Wildman–Crippen MR) is 84.8 cm³/mol. The molecule has 0 spiro atoms.